The van der Waals surface area contributed by atoms with Crippen LogP contribution in [0.4, 0.5) is 11.4 Å². The maximum absolute atomic E-state index is 11.1. The van der Waals surface area contributed by atoms with Gasteiger partial charge in [-0.25, -0.2) is 0 Å². The van der Waals surface area contributed by atoms with Crippen molar-refractivity contribution in [3.8, 4) is 0 Å². The van der Waals surface area contributed by atoms with Gasteiger partial charge in [-0.1, -0.05) is 6.07 Å². The highest BCUT2D eigenvalue weighted by atomic mass is 16.6. The molecule has 0 atom stereocenters. The fourth-order valence-electron chi connectivity index (χ4n) is 1.82. The van der Waals surface area contributed by atoms with Crippen molar-refractivity contribution in [3.05, 3.63) is 34.4 Å². The van der Waals surface area contributed by atoms with E-state index in [0.717, 1.165) is 5.69 Å². The first kappa shape index (κ1) is 10.6. The largest absolute Gasteiger partial charge is 0.370 e. The van der Waals surface area contributed by atoms with Gasteiger partial charge in [-0.15, -0.1) is 0 Å². The summed E-state index contributed by atoms with van der Waals surface area (Å²) in [6.45, 7) is 1.31. The number of hydrogen-bond donors (Lipinski definition) is 0. The molecule has 0 amide bonds. The lowest BCUT2D eigenvalue weighted by Crippen LogP contribution is -2.33. The van der Waals surface area contributed by atoms with Gasteiger partial charge in [0.2, 0.25) is 0 Å². The number of benzene rings is 1. The van der Waals surface area contributed by atoms with Gasteiger partial charge in [-0.05, 0) is 6.07 Å². The van der Waals surface area contributed by atoms with E-state index in [-0.39, 0.29) is 11.5 Å². The number of nitro benzene ring substituents is 1. The van der Waals surface area contributed by atoms with Crippen molar-refractivity contribution in [1.82, 2.24) is 0 Å². The number of hydrogen-bond acceptors (Lipinski definition) is 4. The third-order valence-corrected chi connectivity index (χ3v) is 2.73. The zero-order chi connectivity index (χ0) is 11.5. The Morgan fingerprint density at radius 2 is 1.94 bits per heavy atom. The van der Waals surface area contributed by atoms with Crippen molar-refractivity contribution >= 4 is 17.2 Å². The zero-order valence-electron chi connectivity index (χ0n) is 8.76. The number of nitrogens with zero attached hydrogens (tertiary/aromatic N) is 2. The minimum atomic E-state index is -0.404. The van der Waals surface area contributed by atoms with E-state index in [4.69, 9.17) is 0 Å². The highest BCUT2D eigenvalue weighted by Crippen LogP contribution is 2.23. The minimum Gasteiger partial charge on any atom is -0.370 e. The zero-order valence-corrected chi connectivity index (χ0v) is 8.76. The second-order valence-corrected chi connectivity index (χ2v) is 3.80. The SMILES string of the molecule is O=C1CCN(c2cccc([N+](=O)[O-])c2)CC1. The quantitative estimate of drug-likeness (QED) is 0.562. The summed E-state index contributed by atoms with van der Waals surface area (Å²) in [6, 6.07) is 6.53. The molecule has 0 spiro atoms. The summed E-state index contributed by atoms with van der Waals surface area (Å²) in [6.07, 6.45) is 1.06. The first-order valence-electron chi connectivity index (χ1n) is 5.18. The molecule has 1 aliphatic rings. The Bertz CT molecular complexity index is 421. The highest BCUT2D eigenvalue weighted by Gasteiger charge is 2.17. The van der Waals surface area contributed by atoms with Gasteiger partial charge in [-0.2, -0.15) is 0 Å². The van der Waals surface area contributed by atoms with E-state index in [1.165, 1.54) is 6.07 Å². The van der Waals surface area contributed by atoms with Crippen LogP contribution in [-0.2, 0) is 4.79 Å². The van der Waals surface area contributed by atoms with Crippen LogP contribution in [0.3, 0.4) is 0 Å². The van der Waals surface area contributed by atoms with E-state index in [9.17, 15) is 14.9 Å². The number of nitro groups is 1. The molecule has 1 aromatic carbocycles. The molecule has 0 unspecified atom stereocenters. The number of ketones is 1. The highest BCUT2D eigenvalue weighted by molar-refractivity contribution is 5.81. The van der Waals surface area contributed by atoms with Gasteiger partial charge < -0.3 is 4.90 Å². The maximum atomic E-state index is 11.1. The van der Waals surface area contributed by atoms with E-state index in [2.05, 4.69) is 0 Å². The third kappa shape index (κ3) is 2.18. The summed E-state index contributed by atoms with van der Waals surface area (Å²) < 4.78 is 0. The fraction of sp³-hybridized carbons (Fsp3) is 0.364. The lowest BCUT2D eigenvalue weighted by molar-refractivity contribution is -0.384. The van der Waals surface area contributed by atoms with Crippen molar-refractivity contribution in [2.24, 2.45) is 0 Å². The van der Waals surface area contributed by atoms with E-state index in [0.29, 0.717) is 25.9 Å². The van der Waals surface area contributed by atoms with Gasteiger partial charge >= 0.3 is 0 Å². The predicted molar refractivity (Wildman–Crippen MR) is 59.6 cm³/mol. The van der Waals surface area contributed by atoms with E-state index < -0.39 is 4.92 Å². The van der Waals surface area contributed by atoms with Gasteiger partial charge in [-0.3, -0.25) is 14.9 Å². The van der Waals surface area contributed by atoms with E-state index in [1.807, 2.05) is 11.0 Å². The molecule has 84 valence electrons. The standard InChI is InChI=1S/C11H12N2O3/c14-11-4-6-12(7-5-11)9-2-1-3-10(8-9)13(15)16/h1-3,8H,4-7H2. The third-order valence-electron chi connectivity index (χ3n) is 2.73. The van der Waals surface area contributed by atoms with E-state index >= 15 is 0 Å². The van der Waals surface area contributed by atoms with Crippen molar-refractivity contribution in [3.63, 3.8) is 0 Å². The van der Waals surface area contributed by atoms with Crippen molar-refractivity contribution in [1.29, 1.82) is 0 Å². The predicted octanol–water partition coefficient (Wildman–Crippen LogP) is 1.76. The van der Waals surface area contributed by atoms with Crippen LogP contribution in [0.1, 0.15) is 12.8 Å². The fourth-order valence-corrected chi connectivity index (χ4v) is 1.82. The molecule has 0 saturated carbocycles. The molecule has 0 aliphatic carbocycles. The lowest BCUT2D eigenvalue weighted by atomic mass is 10.1. The van der Waals surface area contributed by atoms with Gasteiger partial charge in [0.25, 0.3) is 5.69 Å². The summed E-state index contributed by atoms with van der Waals surface area (Å²) in [5.41, 5.74) is 0.913. The van der Waals surface area contributed by atoms with Crippen LogP contribution in [0.25, 0.3) is 0 Å². The van der Waals surface area contributed by atoms with Crippen LogP contribution in [0.2, 0.25) is 0 Å². The number of rotatable bonds is 2. The Hall–Kier alpha value is -1.91. The molecule has 1 aromatic rings. The van der Waals surface area contributed by atoms with Gasteiger partial charge in [0, 0.05) is 43.8 Å². The summed E-state index contributed by atoms with van der Waals surface area (Å²) in [4.78, 5) is 23.3. The Labute approximate surface area is 92.8 Å². The van der Waals surface area contributed by atoms with Crippen LogP contribution in [0, 0.1) is 10.1 Å². The van der Waals surface area contributed by atoms with Crippen LogP contribution in [-0.4, -0.2) is 23.8 Å². The molecule has 0 bridgehead atoms. The molecule has 0 N–H and O–H groups in total. The lowest BCUT2D eigenvalue weighted by Gasteiger charge is -2.27. The number of carbonyl (C=O) groups excluding carboxylic acids is 1. The summed E-state index contributed by atoms with van der Waals surface area (Å²) in [5.74, 6) is 0.265. The molecule has 16 heavy (non-hydrogen) atoms. The monoisotopic (exact) mass is 220 g/mol. The molecule has 1 saturated heterocycles. The Kier molecular flexibility index (Phi) is 2.85. The number of non-ortho nitro benzene ring substituents is 1. The van der Waals surface area contributed by atoms with Crippen molar-refractivity contribution in [2.45, 2.75) is 12.8 Å². The molecule has 1 aliphatic heterocycles. The molecule has 2 rings (SSSR count). The number of carbonyl (C=O) groups is 1. The Morgan fingerprint density at radius 1 is 1.25 bits per heavy atom. The Balaban J connectivity index is 2.17. The van der Waals surface area contributed by atoms with Crippen molar-refractivity contribution < 1.29 is 9.72 Å². The molecular weight excluding hydrogens is 208 g/mol. The number of piperidine rings is 1. The van der Waals surface area contributed by atoms with E-state index in [1.54, 1.807) is 12.1 Å². The molecule has 1 fully saturated rings. The summed E-state index contributed by atoms with van der Waals surface area (Å²) in [5, 5.41) is 10.6. The molecular formula is C11H12N2O3. The number of anilines is 1. The molecule has 1 heterocycles. The first-order valence-corrected chi connectivity index (χ1v) is 5.18. The first-order chi connectivity index (χ1) is 7.66. The van der Waals surface area contributed by atoms with Crippen LogP contribution in [0.15, 0.2) is 24.3 Å². The topological polar surface area (TPSA) is 63.5 Å². The molecule has 0 radical (unpaired) electrons. The molecule has 0 aromatic heterocycles. The molecule has 5 heteroatoms. The molecule has 5 nitrogen and oxygen atoms in total. The minimum absolute atomic E-state index is 0.0920. The second kappa shape index (κ2) is 4.30. The van der Waals surface area contributed by atoms with Gasteiger partial charge in [0.15, 0.2) is 0 Å². The summed E-state index contributed by atoms with van der Waals surface area (Å²) >= 11 is 0. The smallest absolute Gasteiger partial charge is 0.271 e. The second-order valence-electron chi connectivity index (χ2n) is 3.80. The Morgan fingerprint density at radius 3 is 2.56 bits per heavy atom. The van der Waals surface area contributed by atoms with Crippen LogP contribution >= 0.6 is 0 Å². The average Bonchev–Trinajstić information content (AvgIpc) is 2.30. The van der Waals surface area contributed by atoms with Crippen LogP contribution in [0.5, 0.6) is 0 Å². The van der Waals surface area contributed by atoms with Gasteiger partial charge in [0.05, 0.1) is 4.92 Å². The normalized spacial score (nSPS) is 16.2. The maximum Gasteiger partial charge on any atom is 0.271 e. The number of Topliss-reactive ketones (excluding diaryl/α,β-unsaturated/α-hetero) is 1. The van der Waals surface area contributed by atoms with Gasteiger partial charge in [0.1, 0.15) is 5.78 Å². The summed E-state index contributed by atoms with van der Waals surface area (Å²) in [7, 11) is 0. The average molecular weight is 220 g/mol. The van der Waals surface area contributed by atoms with Crippen LogP contribution < -0.4 is 4.90 Å². The van der Waals surface area contributed by atoms with Crippen molar-refractivity contribution in [2.75, 3.05) is 18.0 Å².